The number of ether oxygens (including phenoxy) is 2. The van der Waals surface area contributed by atoms with Gasteiger partial charge >= 0.3 is 17.7 Å². The van der Waals surface area contributed by atoms with Gasteiger partial charge in [0.05, 0.1) is 21.7 Å². The number of urea groups is 1. The maximum absolute atomic E-state index is 13.7. The van der Waals surface area contributed by atoms with E-state index in [0.29, 0.717) is 79.0 Å². The molecule has 69 heavy (non-hydrogen) atoms. The Kier molecular flexibility index (Phi) is 14.3. The summed E-state index contributed by atoms with van der Waals surface area (Å²) in [4.78, 5) is 66.7. The lowest BCUT2D eigenvalue weighted by Gasteiger charge is -2.32. The fourth-order valence-electron chi connectivity index (χ4n) is 9.11. The maximum atomic E-state index is 13.7. The number of carbonyl (C=O) groups excluding carboxylic acids is 4. The number of hydrogen-bond acceptors (Lipinski definition) is 12. The van der Waals surface area contributed by atoms with E-state index in [1.807, 2.05) is 42.5 Å². The van der Waals surface area contributed by atoms with Gasteiger partial charge < -0.3 is 30.1 Å². The molecule has 8 rings (SSSR count). The van der Waals surface area contributed by atoms with Crippen molar-refractivity contribution in [2.24, 2.45) is 7.05 Å². The lowest BCUT2D eigenvalue weighted by Crippen LogP contribution is -2.44. The highest BCUT2D eigenvalue weighted by molar-refractivity contribution is 7.88. The van der Waals surface area contributed by atoms with Crippen LogP contribution in [0.2, 0.25) is 5.02 Å². The predicted octanol–water partition coefficient (Wildman–Crippen LogP) is 7.92. The number of thiophene rings is 1. The third-order valence-electron chi connectivity index (χ3n) is 12.5. The molecule has 5 aromatic rings. The van der Waals surface area contributed by atoms with E-state index in [1.165, 1.54) is 13.4 Å². The number of likely N-dealkylation sites (tertiary alicyclic amines) is 1. The van der Waals surface area contributed by atoms with Gasteiger partial charge in [-0.2, -0.15) is 0 Å². The highest BCUT2D eigenvalue weighted by atomic mass is 35.5. The van der Waals surface area contributed by atoms with Crippen LogP contribution in [-0.4, -0.2) is 100 Å². The van der Waals surface area contributed by atoms with Crippen LogP contribution >= 0.6 is 22.9 Å². The van der Waals surface area contributed by atoms with Crippen molar-refractivity contribution in [3.05, 3.63) is 111 Å². The van der Waals surface area contributed by atoms with Crippen molar-refractivity contribution in [2.45, 2.75) is 88.7 Å². The average Bonchev–Trinajstić information content (AvgIpc) is 3.76. The lowest BCUT2D eigenvalue weighted by molar-refractivity contribution is -0.135. The summed E-state index contributed by atoms with van der Waals surface area (Å²) in [7, 11) is -2.02. The normalized spacial score (nSPS) is 17.7. The first-order valence-corrected chi connectivity index (χ1v) is 25.6. The minimum atomic E-state index is -3.69. The maximum Gasteiger partial charge on any atom is 0.352 e. The molecule has 3 fully saturated rings. The Morgan fingerprint density at radius 3 is 2.33 bits per heavy atom. The first kappa shape index (κ1) is 49.3. The van der Waals surface area contributed by atoms with E-state index in [0.717, 1.165) is 28.2 Å². The molecule has 1 unspecified atom stereocenters. The molecule has 0 saturated carbocycles. The molecule has 0 aliphatic carbocycles. The Morgan fingerprint density at radius 1 is 0.928 bits per heavy atom. The molecule has 0 radical (unpaired) electrons. The number of halogens is 1. The van der Waals surface area contributed by atoms with E-state index in [9.17, 15) is 37.5 Å². The van der Waals surface area contributed by atoms with Crippen LogP contribution in [0.5, 0.6) is 5.75 Å². The number of aromatic nitrogens is 2. The third kappa shape index (κ3) is 11.2. The van der Waals surface area contributed by atoms with Gasteiger partial charge in [0.25, 0.3) is 0 Å². The van der Waals surface area contributed by atoms with Crippen LogP contribution in [-0.2, 0) is 37.1 Å². The Hall–Kier alpha value is -6.15. The molecule has 3 saturated heterocycles. The van der Waals surface area contributed by atoms with Crippen LogP contribution in [0.15, 0.2) is 83.9 Å². The summed E-state index contributed by atoms with van der Waals surface area (Å²) in [5, 5.41) is 18.7. The summed E-state index contributed by atoms with van der Waals surface area (Å²) < 4.78 is 43.2. The van der Waals surface area contributed by atoms with Gasteiger partial charge in [0.15, 0.2) is 10.6 Å². The second kappa shape index (κ2) is 20.1. The Labute approximate surface area is 409 Å². The molecule has 17 nitrogen and oxygen atoms in total. The zero-order valence-corrected chi connectivity index (χ0v) is 41.3. The number of benzene rings is 3. The monoisotopic (exact) mass is 1000 g/mol. The molecule has 20 heteroatoms. The van der Waals surface area contributed by atoms with Crippen molar-refractivity contribution in [1.82, 2.24) is 23.7 Å². The Morgan fingerprint density at radius 2 is 1.64 bits per heavy atom. The van der Waals surface area contributed by atoms with E-state index in [2.05, 4.69) is 22.5 Å². The van der Waals surface area contributed by atoms with E-state index in [1.54, 1.807) is 57.0 Å². The standard InChI is InChI=1S/C49H56ClN7O10S2/c1-29(58)27-66-42-41(50)43(68-44(42)46(61)67-49(2,3)4)33-9-7-11-36(25-33)51-34-18-22-56(23-19-34)69(64,65)28-30-8-6-10-35(24-30)52-47(62)55-20-16-31(17-21-55)32-12-13-37-39(26-32)54(5)48(63)57(37)38-14-15-40(59)53-45(38)60/h6-13,24-26,31,34,38,51,58H,1,14-23,27-28H2,2-5H3,(H,52,62)(H,53,59,60). The van der Waals surface area contributed by atoms with Crippen LogP contribution in [0.4, 0.5) is 16.2 Å². The molecular formula is C49H56ClN7O10S2. The first-order chi connectivity index (χ1) is 32.7. The molecule has 3 aromatic carbocycles. The van der Waals surface area contributed by atoms with Gasteiger partial charge in [0.2, 0.25) is 21.8 Å². The van der Waals surface area contributed by atoms with Gasteiger partial charge in [-0.3, -0.25) is 24.0 Å². The highest BCUT2D eigenvalue weighted by Crippen LogP contribution is 2.47. The van der Waals surface area contributed by atoms with Crippen molar-refractivity contribution in [1.29, 1.82) is 0 Å². The van der Waals surface area contributed by atoms with Crippen LogP contribution in [0, 0.1) is 0 Å². The quantitative estimate of drug-likeness (QED) is 0.0506. The Balaban J connectivity index is 0.835. The second-order valence-corrected chi connectivity index (χ2v) is 22.1. The minimum Gasteiger partial charge on any atom is -0.509 e. The summed E-state index contributed by atoms with van der Waals surface area (Å²) in [6.07, 6.45) is 2.94. The molecule has 2 aromatic heterocycles. The molecule has 3 aliphatic heterocycles. The van der Waals surface area contributed by atoms with Gasteiger partial charge in [0.1, 0.15) is 29.0 Å². The zero-order valence-electron chi connectivity index (χ0n) is 38.9. The Bertz CT molecular complexity index is 3000. The number of imidazole rings is 1. The fraction of sp³-hybridized carbons (Fsp3) is 0.408. The molecule has 5 heterocycles. The number of hydrogen-bond donors (Lipinski definition) is 4. The summed E-state index contributed by atoms with van der Waals surface area (Å²) >= 11 is 7.92. The highest BCUT2D eigenvalue weighted by Gasteiger charge is 2.33. The zero-order chi connectivity index (χ0) is 49.4. The molecule has 4 N–H and O–H groups in total. The number of fused-ring (bicyclic) bond motifs is 1. The van der Waals surface area contributed by atoms with Gasteiger partial charge in [-0.15, -0.1) is 11.3 Å². The van der Waals surface area contributed by atoms with Gasteiger partial charge in [-0.1, -0.05) is 48.5 Å². The molecular weight excluding hydrogens is 946 g/mol. The van der Waals surface area contributed by atoms with Crippen LogP contribution in [0.3, 0.4) is 0 Å². The summed E-state index contributed by atoms with van der Waals surface area (Å²) in [5.41, 5.74) is 3.83. The number of nitrogens with one attached hydrogen (secondary N) is 3. The number of sulfonamides is 1. The molecule has 1 atom stereocenters. The SMILES string of the molecule is C=C(O)COc1c(C(=O)OC(C)(C)C)sc(-c2cccc(NC3CCN(S(=O)(=O)Cc4cccc(NC(=O)N5CCC(c6ccc7c(c6)n(C)c(=O)n7C6CCC(=O)NC6=O)CC5)c4)CC3)c2)c1Cl. The van der Waals surface area contributed by atoms with Crippen molar-refractivity contribution < 1.29 is 42.2 Å². The van der Waals surface area contributed by atoms with E-state index >= 15 is 0 Å². The summed E-state index contributed by atoms with van der Waals surface area (Å²) in [5.74, 6) is -1.64. The van der Waals surface area contributed by atoms with Crippen LogP contribution < -0.4 is 26.4 Å². The molecule has 4 amide bonds. The number of imide groups is 1. The minimum absolute atomic E-state index is 0.0143. The number of nitrogens with zero attached hydrogens (tertiary/aromatic N) is 4. The number of rotatable bonds is 13. The van der Waals surface area contributed by atoms with Crippen molar-refractivity contribution >= 4 is 79.2 Å². The number of esters is 1. The summed E-state index contributed by atoms with van der Waals surface area (Å²) in [6.45, 7) is 10.1. The number of aliphatic hydroxyl groups excluding tert-OH is 1. The second-order valence-electron chi connectivity index (χ2n) is 18.7. The largest absolute Gasteiger partial charge is 0.509 e. The van der Waals surface area contributed by atoms with Crippen molar-refractivity contribution in [3.63, 3.8) is 0 Å². The van der Waals surface area contributed by atoms with Crippen molar-refractivity contribution in [3.8, 4) is 16.2 Å². The number of amides is 4. The molecule has 0 bridgehead atoms. The lowest BCUT2D eigenvalue weighted by atomic mass is 9.89. The molecule has 0 spiro atoms. The fourth-order valence-corrected chi connectivity index (χ4v) is 12.1. The number of aryl methyl sites for hydroxylation is 1. The van der Waals surface area contributed by atoms with E-state index < -0.39 is 33.5 Å². The van der Waals surface area contributed by atoms with Gasteiger partial charge in [-0.25, -0.2) is 27.1 Å². The average molecular weight is 1000 g/mol. The van der Waals surface area contributed by atoms with Crippen LogP contribution in [0.1, 0.15) is 92.1 Å². The molecule has 3 aliphatic rings. The first-order valence-electron chi connectivity index (χ1n) is 22.8. The number of aliphatic hydroxyl groups is 1. The van der Waals surface area contributed by atoms with E-state index in [4.69, 9.17) is 21.1 Å². The topological polar surface area (TPSA) is 211 Å². The van der Waals surface area contributed by atoms with E-state index in [-0.39, 0.29) is 76.2 Å². The molecule has 366 valence electrons. The third-order valence-corrected chi connectivity index (χ3v) is 16.1. The van der Waals surface area contributed by atoms with Crippen molar-refractivity contribution in [2.75, 3.05) is 43.4 Å². The van der Waals surface area contributed by atoms with Gasteiger partial charge in [0, 0.05) is 57.1 Å². The summed E-state index contributed by atoms with van der Waals surface area (Å²) in [6, 6.07) is 19.2. The number of piperidine rings is 3. The van der Waals surface area contributed by atoms with Gasteiger partial charge in [-0.05, 0) is 112 Å². The predicted molar refractivity (Wildman–Crippen MR) is 266 cm³/mol. The van der Waals surface area contributed by atoms with Crippen LogP contribution in [0.25, 0.3) is 21.5 Å². The smallest absolute Gasteiger partial charge is 0.352 e. The number of carbonyl (C=O) groups is 4. The number of anilines is 2.